The number of rotatable bonds is 7. The maximum absolute atomic E-state index is 12.2. The smallest absolute Gasteiger partial charge is 0.258 e. The second kappa shape index (κ2) is 8.75. The van der Waals surface area contributed by atoms with Crippen LogP contribution in [0.4, 0.5) is 0 Å². The third kappa shape index (κ3) is 4.90. The summed E-state index contributed by atoms with van der Waals surface area (Å²) in [6.07, 6.45) is 2.19. The minimum Gasteiger partial charge on any atom is -0.381 e. The van der Waals surface area contributed by atoms with Crippen LogP contribution in [-0.2, 0) is 16.1 Å². The summed E-state index contributed by atoms with van der Waals surface area (Å²) in [4.78, 5) is 33.7. The number of thiazole rings is 1. The molecule has 0 N–H and O–H groups in total. The van der Waals surface area contributed by atoms with Gasteiger partial charge in [0.25, 0.3) is 5.56 Å². The lowest BCUT2D eigenvalue weighted by atomic mass is 10.2. The van der Waals surface area contributed by atoms with Gasteiger partial charge in [0.1, 0.15) is 0 Å². The van der Waals surface area contributed by atoms with Gasteiger partial charge in [0.2, 0.25) is 5.91 Å². The molecule has 7 nitrogen and oxygen atoms in total. The molecule has 8 heteroatoms. The molecule has 1 aliphatic rings. The third-order valence-electron chi connectivity index (χ3n) is 4.38. The van der Waals surface area contributed by atoms with Gasteiger partial charge in [-0.3, -0.25) is 18.9 Å². The molecule has 2 aromatic rings. The van der Waals surface area contributed by atoms with Gasteiger partial charge >= 0.3 is 0 Å². The number of nitrogens with zero attached hydrogens (tertiary/aromatic N) is 4. The van der Waals surface area contributed by atoms with Crippen LogP contribution < -0.4 is 5.56 Å². The number of aromatic nitrogens is 2. The Morgan fingerprint density at radius 3 is 2.81 bits per heavy atom. The summed E-state index contributed by atoms with van der Waals surface area (Å²) in [5.41, 5.74) is 0.751. The van der Waals surface area contributed by atoms with Crippen molar-refractivity contribution < 1.29 is 9.53 Å². The van der Waals surface area contributed by atoms with Crippen LogP contribution in [0.15, 0.2) is 22.4 Å². The Bertz CT molecular complexity index is 793. The average Bonchev–Trinajstić information content (AvgIpc) is 3.08. The number of hydrogen-bond donors (Lipinski definition) is 0. The topological polar surface area (TPSA) is 67.2 Å². The summed E-state index contributed by atoms with van der Waals surface area (Å²) >= 11 is 1.46. The number of carbonyl (C=O) groups is 1. The van der Waals surface area contributed by atoms with E-state index in [2.05, 4.69) is 23.7 Å². The van der Waals surface area contributed by atoms with Crippen LogP contribution in [0.1, 0.15) is 26.0 Å². The molecule has 1 aliphatic heterocycles. The Kier molecular flexibility index (Phi) is 6.39. The van der Waals surface area contributed by atoms with Gasteiger partial charge in [-0.1, -0.05) is 13.8 Å². The maximum atomic E-state index is 12.2. The van der Waals surface area contributed by atoms with E-state index in [0.717, 1.165) is 23.7 Å². The number of ether oxygens (including phenoxy) is 1. The first-order valence-electron chi connectivity index (χ1n) is 9.06. The zero-order valence-corrected chi connectivity index (χ0v) is 16.2. The standard InChI is InChI=1S/C18H26N4O3S/c1-14(2)13-25-9-3-16(23)21-6-4-20(5-7-21)12-15-11-17(24)22-8-10-26-18(22)19-15/h8,10-11,14H,3-7,9,12-13H2,1-2H3. The van der Waals surface area contributed by atoms with Crippen LogP contribution in [0.2, 0.25) is 0 Å². The maximum Gasteiger partial charge on any atom is 0.258 e. The van der Waals surface area contributed by atoms with Crippen LogP contribution in [0, 0.1) is 5.92 Å². The number of hydrogen-bond acceptors (Lipinski definition) is 6. The van der Waals surface area contributed by atoms with E-state index >= 15 is 0 Å². The molecule has 1 fully saturated rings. The Morgan fingerprint density at radius 1 is 1.31 bits per heavy atom. The molecule has 142 valence electrons. The van der Waals surface area contributed by atoms with Gasteiger partial charge < -0.3 is 9.64 Å². The van der Waals surface area contributed by atoms with Crippen molar-refractivity contribution in [1.82, 2.24) is 19.2 Å². The zero-order chi connectivity index (χ0) is 18.5. The van der Waals surface area contributed by atoms with Crippen molar-refractivity contribution in [3.8, 4) is 0 Å². The first-order chi connectivity index (χ1) is 12.5. The first kappa shape index (κ1) is 19.0. The van der Waals surface area contributed by atoms with Crippen LogP contribution in [0.3, 0.4) is 0 Å². The van der Waals surface area contributed by atoms with E-state index in [4.69, 9.17) is 4.74 Å². The molecule has 0 radical (unpaired) electrons. The fraction of sp³-hybridized carbons (Fsp3) is 0.611. The molecule has 1 saturated heterocycles. The Labute approximate surface area is 157 Å². The fourth-order valence-electron chi connectivity index (χ4n) is 2.99. The van der Waals surface area contributed by atoms with E-state index in [9.17, 15) is 9.59 Å². The lowest BCUT2D eigenvalue weighted by Gasteiger charge is -2.34. The zero-order valence-electron chi connectivity index (χ0n) is 15.4. The van der Waals surface area contributed by atoms with Crippen molar-refractivity contribution in [2.45, 2.75) is 26.8 Å². The quantitative estimate of drug-likeness (QED) is 0.683. The summed E-state index contributed by atoms with van der Waals surface area (Å²) < 4.78 is 7.06. The van der Waals surface area contributed by atoms with E-state index in [1.54, 1.807) is 16.7 Å². The second-order valence-electron chi connectivity index (χ2n) is 7.02. The Hall–Kier alpha value is -1.77. The molecule has 0 aromatic carbocycles. The van der Waals surface area contributed by atoms with Crippen molar-refractivity contribution >= 4 is 22.2 Å². The molecule has 3 rings (SSSR count). The fourth-order valence-corrected chi connectivity index (χ4v) is 3.73. The highest BCUT2D eigenvalue weighted by Crippen LogP contribution is 2.11. The highest BCUT2D eigenvalue weighted by Gasteiger charge is 2.21. The summed E-state index contributed by atoms with van der Waals surface area (Å²) in [7, 11) is 0. The average molecular weight is 378 g/mol. The van der Waals surface area contributed by atoms with Crippen molar-refractivity contribution in [2.75, 3.05) is 39.4 Å². The van der Waals surface area contributed by atoms with Crippen LogP contribution in [-0.4, -0.2) is 64.5 Å². The number of amides is 1. The normalized spacial score (nSPS) is 15.9. The van der Waals surface area contributed by atoms with Gasteiger partial charge in [0.05, 0.1) is 18.7 Å². The van der Waals surface area contributed by atoms with Gasteiger partial charge in [-0.05, 0) is 5.92 Å². The minimum atomic E-state index is -0.0403. The van der Waals surface area contributed by atoms with Gasteiger partial charge in [-0.15, -0.1) is 11.3 Å². The summed E-state index contributed by atoms with van der Waals surface area (Å²) in [6, 6.07) is 1.60. The summed E-state index contributed by atoms with van der Waals surface area (Å²) in [5.74, 6) is 0.647. The van der Waals surface area contributed by atoms with Gasteiger partial charge in [0, 0.05) is 57.0 Å². The van der Waals surface area contributed by atoms with E-state index in [0.29, 0.717) is 45.2 Å². The number of fused-ring (bicyclic) bond motifs is 1. The lowest BCUT2D eigenvalue weighted by Crippen LogP contribution is -2.48. The predicted octanol–water partition coefficient (Wildman–Crippen LogP) is 1.46. The van der Waals surface area contributed by atoms with Crippen LogP contribution >= 0.6 is 11.3 Å². The molecule has 0 aliphatic carbocycles. The van der Waals surface area contributed by atoms with E-state index in [1.165, 1.54) is 11.3 Å². The molecule has 3 heterocycles. The molecule has 0 bridgehead atoms. The van der Waals surface area contributed by atoms with Gasteiger partial charge in [-0.25, -0.2) is 4.98 Å². The minimum absolute atomic E-state index is 0.0403. The highest BCUT2D eigenvalue weighted by molar-refractivity contribution is 7.15. The molecule has 0 atom stereocenters. The largest absolute Gasteiger partial charge is 0.381 e. The number of piperazine rings is 1. The van der Waals surface area contributed by atoms with Gasteiger partial charge in [0.15, 0.2) is 4.96 Å². The van der Waals surface area contributed by atoms with Crippen molar-refractivity contribution in [1.29, 1.82) is 0 Å². The van der Waals surface area contributed by atoms with Crippen molar-refractivity contribution in [3.05, 3.63) is 33.7 Å². The molecule has 26 heavy (non-hydrogen) atoms. The molecule has 0 spiro atoms. The number of carbonyl (C=O) groups excluding carboxylic acids is 1. The third-order valence-corrected chi connectivity index (χ3v) is 5.13. The molecular formula is C18H26N4O3S. The van der Waals surface area contributed by atoms with E-state index in [1.807, 2.05) is 10.3 Å². The Balaban J connectivity index is 1.46. The van der Waals surface area contributed by atoms with Crippen LogP contribution in [0.25, 0.3) is 4.96 Å². The Morgan fingerprint density at radius 2 is 2.08 bits per heavy atom. The monoisotopic (exact) mass is 378 g/mol. The van der Waals surface area contributed by atoms with Gasteiger partial charge in [-0.2, -0.15) is 0 Å². The van der Waals surface area contributed by atoms with Crippen LogP contribution in [0.5, 0.6) is 0 Å². The molecule has 2 aromatic heterocycles. The molecule has 0 saturated carbocycles. The molecule has 1 amide bonds. The van der Waals surface area contributed by atoms with E-state index < -0.39 is 0 Å². The van der Waals surface area contributed by atoms with E-state index in [-0.39, 0.29) is 11.5 Å². The highest BCUT2D eigenvalue weighted by atomic mass is 32.1. The predicted molar refractivity (Wildman–Crippen MR) is 101 cm³/mol. The first-order valence-corrected chi connectivity index (χ1v) is 9.94. The molecule has 0 unspecified atom stereocenters. The second-order valence-corrected chi connectivity index (χ2v) is 7.89. The van der Waals surface area contributed by atoms with Crippen molar-refractivity contribution in [2.24, 2.45) is 5.92 Å². The summed E-state index contributed by atoms with van der Waals surface area (Å²) in [6.45, 7) is 9.04. The lowest BCUT2D eigenvalue weighted by molar-refractivity contribution is -0.134. The SMILES string of the molecule is CC(C)COCCC(=O)N1CCN(Cc2cc(=O)n3ccsc3n2)CC1. The summed E-state index contributed by atoms with van der Waals surface area (Å²) in [5, 5.41) is 1.86. The van der Waals surface area contributed by atoms with Crippen molar-refractivity contribution in [3.63, 3.8) is 0 Å². The molecular weight excluding hydrogens is 352 g/mol.